The molecule has 0 radical (unpaired) electrons. The topological polar surface area (TPSA) is 43.6 Å². The number of fused-ring (bicyclic) bond motifs is 4. The molecule has 0 saturated carbocycles. The minimum absolute atomic E-state index is 0.605. The maximum absolute atomic E-state index is 5.52. The van der Waals surface area contributed by atoms with Gasteiger partial charge in [-0.15, -0.1) is 0 Å². The first kappa shape index (κ1) is 34.3. The Labute approximate surface area is 342 Å². The van der Waals surface area contributed by atoms with Gasteiger partial charge in [0.05, 0.1) is 22.3 Å². The molecule has 0 aliphatic rings. The van der Waals surface area contributed by atoms with Crippen LogP contribution in [0.3, 0.4) is 0 Å². The molecule has 2 aromatic heterocycles. The average molecular weight is 753 g/mol. The summed E-state index contributed by atoms with van der Waals surface area (Å²) in [6, 6.07) is 77.0. The van der Waals surface area contributed by atoms with Gasteiger partial charge in [0.25, 0.3) is 0 Å². The van der Waals surface area contributed by atoms with Crippen molar-refractivity contribution in [2.24, 2.45) is 0 Å². The predicted octanol–water partition coefficient (Wildman–Crippen LogP) is 14.1. The summed E-state index contributed by atoms with van der Waals surface area (Å²) < 4.78 is 2.40. The Morgan fingerprint density at radius 2 is 0.661 bits per heavy atom. The summed E-state index contributed by atoms with van der Waals surface area (Å²) in [4.78, 5) is 16.2. The summed E-state index contributed by atoms with van der Waals surface area (Å²) in [5.74, 6) is 1.82. The van der Waals surface area contributed by atoms with Gasteiger partial charge in [0.1, 0.15) is 0 Å². The van der Waals surface area contributed by atoms with Crippen LogP contribution in [0.1, 0.15) is 0 Å². The monoisotopic (exact) mass is 752 g/mol. The lowest BCUT2D eigenvalue weighted by Crippen LogP contribution is -2.05. The van der Waals surface area contributed by atoms with E-state index in [1.807, 2.05) is 18.2 Å². The zero-order valence-electron chi connectivity index (χ0n) is 32.1. The molecule has 9 aromatic carbocycles. The molecular formula is C55H36N4. The molecule has 0 aliphatic carbocycles. The molecule has 2 heterocycles. The Bertz CT molecular complexity index is 3190. The highest BCUT2D eigenvalue weighted by atomic mass is 15.1. The van der Waals surface area contributed by atoms with E-state index in [4.69, 9.17) is 15.0 Å². The second-order valence-electron chi connectivity index (χ2n) is 14.8. The molecule has 0 spiro atoms. The fourth-order valence-corrected chi connectivity index (χ4v) is 8.49. The van der Waals surface area contributed by atoms with Gasteiger partial charge in [-0.1, -0.05) is 182 Å². The molecule has 0 fully saturated rings. The third-order valence-corrected chi connectivity index (χ3v) is 11.2. The van der Waals surface area contributed by atoms with Crippen LogP contribution in [0.5, 0.6) is 0 Å². The third-order valence-electron chi connectivity index (χ3n) is 11.2. The molecule has 0 atom stereocenters. The van der Waals surface area contributed by atoms with Crippen LogP contribution in [0, 0.1) is 0 Å². The highest BCUT2D eigenvalue weighted by Gasteiger charge is 2.24. The van der Waals surface area contributed by atoms with Crippen LogP contribution in [0.25, 0.3) is 106 Å². The fourth-order valence-electron chi connectivity index (χ4n) is 8.49. The van der Waals surface area contributed by atoms with E-state index in [-0.39, 0.29) is 0 Å². The van der Waals surface area contributed by atoms with E-state index in [1.54, 1.807) is 0 Å². The van der Waals surface area contributed by atoms with Crippen LogP contribution in [0.2, 0.25) is 0 Å². The maximum Gasteiger partial charge on any atom is 0.166 e. The van der Waals surface area contributed by atoms with Crippen molar-refractivity contribution in [3.8, 4) is 73.2 Å². The minimum atomic E-state index is 0.605. The average Bonchev–Trinajstić information content (AvgIpc) is 3.66. The lowest BCUT2D eigenvalue weighted by atomic mass is 9.92. The van der Waals surface area contributed by atoms with E-state index < -0.39 is 0 Å². The highest BCUT2D eigenvalue weighted by molar-refractivity contribution is 6.13. The lowest BCUT2D eigenvalue weighted by Gasteiger charge is -2.20. The molecular weight excluding hydrogens is 717 g/mol. The molecule has 0 unspecified atom stereocenters. The van der Waals surface area contributed by atoms with Gasteiger partial charge in [-0.2, -0.15) is 0 Å². The fraction of sp³-hybridized carbons (Fsp3) is 0. The largest absolute Gasteiger partial charge is 0.308 e. The van der Waals surface area contributed by atoms with Crippen molar-refractivity contribution < 1.29 is 0 Å². The van der Waals surface area contributed by atoms with Crippen molar-refractivity contribution in [2.45, 2.75) is 0 Å². The lowest BCUT2D eigenvalue weighted by molar-refractivity contribution is 1.07. The van der Waals surface area contributed by atoms with Crippen LogP contribution in [0.15, 0.2) is 218 Å². The molecule has 0 aliphatic heterocycles. The molecule has 4 heteroatoms. The summed E-state index contributed by atoms with van der Waals surface area (Å²) in [5, 5.41) is 4.57. The van der Waals surface area contributed by atoms with Gasteiger partial charge in [-0.25, -0.2) is 15.0 Å². The second kappa shape index (κ2) is 14.5. The maximum atomic E-state index is 5.52. The summed E-state index contributed by atoms with van der Waals surface area (Å²) >= 11 is 0. The van der Waals surface area contributed by atoms with E-state index in [0.29, 0.717) is 17.5 Å². The molecule has 4 nitrogen and oxygen atoms in total. The number of aromatic nitrogens is 4. The summed E-state index contributed by atoms with van der Waals surface area (Å²) in [6.45, 7) is 0. The van der Waals surface area contributed by atoms with Crippen molar-refractivity contribution in [1.82, 2.24) is 19.5 Å². The number of rotatable bonds is 7. The van der Waals surface area contributed by atoms with E-state index >= 15 is 0 Å². The molecule has 11 rings (SSSR count). The molecule has 0 amide bonds. The van der Waals surface area contributed by atoms with E-state index in [1.165, 1.54) is 10.8 Å². The first-order valence-corrected chi connectivity index (χ1v) is 19.9. The SMILES string of the molecule is c1ccc(-c2cc(-c3ccccc3)cc(-c3nc(-c4ccccc4)nc(-c4c(-n5c6ccccc6c6ccccc65)cc(-c5ccccc5)c5ccccc45)n3)c2)cc1. The Morgan fingerprint density at radius 3 is 1.20 bits per heavy atom. The minimum Gasteiger partial charge on any atom is -0.308 e. The second-order valence-corrected chi connectivity index (χ2v) is 14.8. The molecule has 59 heavy (non-hydrogen) atoms. The predicted molar refractivity (Wildman–Crippen MR) is 244 cm³/mol. The van der Waals surface area contributed by atoms with Crippen LogP contribution in [0.4, 0.5) is 0 Å². The standard InChI is InChI=1S/C55H36N4/c1-5-19-37(20-6-1)41-33-42(38-21-7-2-8-22-38)35-43(34-41)54-56-53(40-25-11-4-12-26-40)57-55(58-54)52-47-30-14-13-27-44(47)48(39-23-9-3-10-24-39)36-51(52)59-49-31-17-15-28-45(49)46-29-16-18-32-50(46)59/h1-36H. The van der Waals surface area contributed by atoms with Crippen molar-refractivity contribution >= 4 is 32.6 Å². The first-order chi connectivity index (χ1) is 29.3. The van der Waals surface area contributed by atoms with Crippen LogP contribution < -0.4 is 0 Å². The summed E-state index contributed by atoms with van der Waals surface area (Å²) in [7, 11) is 0. The zero-order valence-corrected chi connectivity index (χ0v) is 32.1. The number of hydrogen-bond acceptors (Lipinski definition) is 3. The van der Waals surface area contributed by atoms with Gasteiger partial charge in [0.15, 0.2) is 17.5 Å². The van der Waals surface area contributed by atoms with Gasteiger partial charge in [0.2, 0.25) is 0 Å². The van der Waals surface area contributed by atoms with Gasteiger partial charge >= 0.3 is 0 Å². The van der Waals surface area contributed by atoms with Crippen LogP contribution in [-0.2, 0) is 0 Å². The Hall–Kier alpha value is -7.95. The molecule has 0 bridgehead atoms. The number of nitrogens with zero attached hydrogens (tertiary/aromatic N) is 4. The molecule has 0 N–H and O–H groups in total. The van der Waals surface area contributed by atoms with Crippen LogP contribution in [-0.4, -0.2) is 19.5 Å². The number of para-hydroxylation sites is 2. The molecule has 11 aromatic rings. The third kappa shape index (κ3) is 6.15. The Balaban J connectivity index is 1.26. The van der Waals surface area contributed by atoms with Crippen molar-refractivity contribution in [2.75, 3.05) is 0 Å². The Morgan fingerprint density at radius 1 is 0.271 bits per heavy atom. The zero-order chi connectivity index (χ0) is 39.1. The summed E-state index contributed by atoms with van der Waals surface area (Å²) in [5.41, 5.74) is 12.7. The number of hydrogen-bond donors (Lipinski definition) is 0. The van der Waals surface area contributed by atoms with Crippen molar-refractivity contribution in [3.63, 3.8) is 0 Å². The van der Waals surface area contributed by atoms with E-state index in [0.717, 1.165) is 77.6 Å². The van der Waals surface area contributed by atoms with Crippen molar-refractivity contribution in [3.05, 3.63) is 218 Å². The van der Waals surface area contributed by atoms with Gasteiger partial charge in [-0.3, -0.25) is 0 Å². The van der Waals surface area contributed by atoms with Gasteiger partial charge < -0.3 is 4.57 Å². The van der Waals surface area contributed by atoms with Crippen LogP contribution >= 0.6 is 0 Å². The normalized spacial score (nSPS) is 11.4. The molecule has 0 saturated heterocycles. The first-order valence-electron chi connectivity index (χ1n) is 19.9. The quantitative estimate of drug-likeness (QED) is 0.163. The highest BCUT2D eigenvalue weighted by Crippen LogP contribution is 2.43. The smallest absolute Gasteiger partial charge is 0.166 e. The van der Waals surface area contributed by atoms with Crippen molar-refractivity contribution in [1.29, 1.82) is 0 Å². The summed E-state index contributed by atoms with van der Waals surface area (Å²) in [6.07, 6.45) is 0. The number of benzene rings is 9. The van der Waals surface area contributed by atoms with E-state index in [2.05, 4.69) is 205 Å². The van der Waals surface area contributed by atoms with Gasteiger partial charge in [-0.05, 0) is 80.6 Å². The van der Waals surface area contributed by atoms with Gasteiger partial charge in [0, 0.05) is 21.9 Å². The molecule has 276 valence electrons. The Kier molecular flexibility index (Phi) is 8.45. The van der Waals surface area contributed by atoms with E-state index in [9.17, 15) is 0 Å².